The predicted molar refractivity (Wildman–Crippen MR) is 111 cm³/mol. The molecule has 0 saturated carbocycles. The first-order chi connectivity index (χ1) is 14.3. The number of carboxylic acid groups (broad SMARTS) is 2. The fraction of sp³-hybridized carbons (Fsp3) is 0.261. The first-order valence-electron chi connectivity index (χ1n) is 9.67. The summed E-state index contributed by atoms with van der Waals surface area (Å²) in [6, 6.07) is 18.3. The van der Waals surface area contributed by atoms with Crippen LogP contribution in [0.15, 0.2) is 66.7 Å². The Morgan fingerprint density at radius 2 is 1.70 bits per heavy atom. The van der Waals surface area contributed by atoms with E-state index in [1.54, 1.807) is 0 Å². The minimum Gasteiger partial charge on any atom is -0.545 e. The van der Waals surface area contributed by atoms with Gasteiger partial charge in [0.15, 0.2) is 0 Å². The van der Waals surface area contributed by atoms with Gasteiger partial charge in [-0.1, -0.05) is 48.5 Å². The molecule has 1 heterocycles. The Kier molecular flexibility index (Phi) is 8.31. The third-order valence-corrected chi connectivity index (χ3v) is 4.60. The van der Waals surface area contributed by atoms with Crippen molar-refractivity contribution in [3.05, 3.63) is 77.9 Å². The number of hydrogen-bond donors (Lipinski definition) is 2. The van der Waals surface area contributed by atoms with Crippen LogP contribution in [0.4, 0.5) is 5.69 Å². The fourth-order valence-corrected chi connectivity index (χ4v) is 3.31. The first kappa shape index (κ1) is 22.8. The van der Waals surface area contributed by atoms with Gasteiger partial charge in [0.05, 0.1) is 32.5 Å². The first-order valence-corrected chi connectivity index (χ1v) is 9.67. The molecule has 0 radical (unpaired) electrons. The molecule has 1 aliphatic rings. The molecule has 1 aliphatic heterocycles. The van der Waals surface area contributed by atoms with Crippen LogP contribution in [0.2, 0.25) is 0 Å². The van der Waals surface area contributed by atoms with Crippen molar-refractivity contribution in [2.75, 3.05) is 32.1 Å². The van der Waals surface area contributed by atoms with Crippen molar-refractivity contribution < 1.29 is 29.5 Å². The van der Waals surface area contributed by atoms with Gasteiger partial charge in [-0.2, -0.15) is 0 Å². The van der Waals surface area contributed by atoms with Crippen molar-refractivity contribution in [3.63, 3.8) is 0 Å². The lowest BCUT2D eigenvalue weighted by Crippen LogP contribution is -3.05. The van der Waals surface area contributed by atoms with Crippen LogP contribution in [0.5, 0.6) is 0 Å². The second kappa shape index (κ2) is 10.9. The number of carbonyl (C=O) groups is 3. The molecule has 30 heavy (non-hydrogen) atoms. The minimum absolute atomic E-state index is 0.149. The maximum Gasteiger partial charge on any atom is 0.328 e. The van der Waals surface area contributed by atoms with Crippen LogP contribution in [-0.4, -0.2) is 50.1 Å². The molecule has 1 atom stereocenters. The molecule has 0 aromatic heterocycles. The number of hydrogen-bond acceptors (Lipinski definition) is 4. The highest BCUT2D eigenvalue weighted by Crippen LogP contribution is 2.40. The molecule has 0 saturated heterocycles. The lowest BCUT2D eigenvalue weighted by molar-refractivity contribution is -0.858. The molecule has 1 amide bonds. The Morgan fingerprint density at radius 1 is 1.07 bits per heavy atom. The highest BCUT2D eigenvalue weighted by Gasteiger charge is 2.37. The summed E-state index contributed by atoms with van der Waals surface area (Å²) in [4.78, 5) is 35.3. The zero-order valence-electron chi connectivity index (χ0n) is 17.1. The number of anilines is 1. The summed E-state index contributed by atoms with van der Waals surface area (Å²) in [5.74, 6) is -2.74. The number of carbonyl (C=O) groups excluding carboxylic acids is 2. The van der Waals surface area contributed by atoms with Gasteiger partial charge in [0.25, 0.3) is 0 Å². The van der Waals surface area contributed by atoms with E-state index >= 15 is 0 Å². The summed E-state index contributed by atoms with van der Waals surface area (Å²) in [6.45, 7) is 1.87. The van der Waals surface area contributed by atoms with E-state index in [0.29, 0.717) is 12.2 Å². The van der Waals surface area contributed by atoms with Crippen LogP contribution < -0.4 is 14.9 Å². The molecule has 7 nitrogen and oxygen atoms in total. The molecule has 7 heteroatoms. The van der Waals surface area contributed by atoms with Crippen LogP contribution >= 0.6 is 0 Å². The van der Waals surface area contributed by atoms with Crippen molar-refractivity contribution in [2.24, 2.45) is 0 Å². The lowest BCUT2D eigenvalue weighted by Gasteiger charge is -2.18. The number of aliphatic carboxylic acids is 2. The number of nitrogens with one attached hydrogen (secondary N) is 1. The van der Waals surface area contributed by atoms with E-state index in [2.05, 4.69) is 26.2 Å². The highest BCUT2D eigenvalue weighted by molar-refractivity contribution is 6.06. The topological polar surface area (TPSA) is 102 Å². The van der Waals surface area contributed by atoms with Gasteiger partial charge in [0, 0.05) is 24.7 Å². The minimum atomic E-state index is -1.51. The van der Waals surface area contributed by atoms with E-state index in [1.807, 2.05) is 47.4 Å². The largest absolute Gasteiger partial charge is 0.545 e. The summed E-state index contributed by atoms with van der Waals surface area (Å²) in [5, 5.41) is 17.2. The SMILES string of the molecule is C[NH+](C)CCCN1C(=O)C(c2ccccc2)c2ccccc21.O=C([O-])/C=C/C(=O)O. The summed E-state index contributed by atoms with van der Waals surface area (Å²) >= 11 is 0. The van der Waals surface area contributed by atoms with Gasteiger partial charge in [0.2, 0.25) is 5.91 Å². The number of para-hydroxylation sites is 1. The molecular weight excluding hydrogens is 384 g/mol. The van der Waals surface area contributed by atoms with E-state index in [0.717, 1.165) is 36.3 Å². The van der Waals surface area contributed by atoms with E-state index in [9.17, 15) is 19.5 Å². The lowest BCUT2D eigenvalue weighted by atomic mass is 9.93. The zero-order chi connectivity index (χ0) is 22.1. The number of quaternary nitrogens is 1. The van der Waals surface area contributed by atoms with Gasteiger partial charge < -0.3 is 24.8 Å². The third kappa shape index (κ3) is 6.28. The van der Waals surface area contributed by atoms with E-state index < -0.39 is 11.9 Å². The van der Waals surface area contributed by atoms with Crippen LogP contribution in [0, 0.1) is 0 Å². The summed E-state index contributed by atoms with van der Waals surface area (Å²) in [6.07, 6.45) is 1.96. The van der Waals surface area contributed by atoms with Crippen LogP contribution in [-0.2, 0) is 14.4 Å². The molecule has 0 aliphatic carbocycles. The molecule has 3 rings (SSSR count). The van der Waals surface area contributed by atoms with Gasteiger partial charge in [0.1, 0.15) is 0 Å². The third-order valence-electron chi connectivity index (χ3n) is 4.60. The Morgan fingerprint density at radius 3 is 2.27 bits per heavy atom. The van der Waals surface area contributed by atoms with Gasteiger partial charge in [-0.05, 0) is 23.3 Å². The van der Waals surface area contributed by atoms with Gasteiger partial charge in [-0.15, -0.1) is 0 Å². The fourth-order valence-electron chi connectivity index (χ4n) is 3.31. The predicted octanol–water partition coefficient (Wildman–Crippen LogP) is 0.0768. The summed E-state index contributed by atoms with van der Waals surface area (Å²) < 4.78 is 0. The molecule has 2 N–H and O–H groups in total. The second-order valence-electron chi connectivity index (χ2n) is 7.19. The highest BCUT2D eigenvalue weighted by atomic mass is 16.4. The van der Waals surface area contributed by atoms with Crippen LogP contribution in [0.3, 0.4) is 0 Å². The van der Waals surface area contributed by atoms with Gasteiger partial charge in [-0.3, -0.25) is 4.79 Å². The number of nitrogens with zero attached hydrogens (tertiary/aromatic N) is 1. The molecule has 0 fully saturated rings. The molecule has 0 bridgehead atoms. The summed E-state index contributed by atoms with van der Waals surface area (Å²) in [7, 11) is 4.29. The van der Waals surface area contributed by atoms with Crippen LogP contribution in [0.25, 0.3) is 0 Å². The Bertz CT molecular complexity index is 893. The van der Waals surface area contributed by atoms with Gasteiger partial charge >= 0.3 is 5.97 Å². The quantitative estimate of drug-likeness (QED) is 0.630. The summed E-state index contributed by atoms with van der Waals surface area (Å²) in [5.41, 5.74) is 3.30. The monoisotopic (exact) mass is 410 g/mol. The molecule has 1 unspecified atom stereocenters. The van der Waals surface area contributed by atoms with Crippen LogP contribution in [0.1, 0.15) is 23.5 Å². The maximum atomic E-state index is 13.0. The average Bonchev–Trinajstić information content (AvgIpc) is 2.99. The molecule has 0 spiro atoms. The molecule has 2 aromatic carbocycles. The molecule has 2 aromatic rings. The van der Waals surface area contributed by atoms with E-state index in [1.165, 1.54) is 4.90 Å². The van der Waals surface area contributed by atoms with Crippen molar-refractivity contribution >= 4 is 23.5 Å². The molecular formula is C23H26N2O5. The number of benzene rings is 2. The van der Waals surface area contributed by atoms with E-state index in [-0.39, 0.29) is 11.8 Å². The van der Waals surface area contributed by atoms with Gasteiger partial charge in [-0.25, -0.2) is 4.79 Å². The Labute approximate surface area is 175 Å². The normalized spacial score (nSPS) is 15.1. The smallest absolute Gasteiger partial charge is 0.328 e. The number of rotatable bonds is 7. The number of amides is 1. The molecule has 158 valence electrons. The van der Waals surface area contributed by atoms with E-state index in [4.69, 9.17) is 5.11 Å². The number of carboxylic acids is 2. The van der Waals surface area contributed by atoms with Crippen molar-refractivity contribution in [2.45, 2.75) is 12.3 Å². The van der Waals surface area contributed by atoms with Crippen molar-refractivity contribution in [1.29, 1.82) is 0 Å². The number of fused-ring (bicyclic) bond motifs is 1. The van der Waals surface area contributed by atoms with Crippen molar-refractivity contribution in [1.82, 2.24) is 0 Å². The van der Waals surface area contributed by atoms with Crippen molar-refractivity contribution in [3.8, 4) is 0 Å². The second-order valence-corrected chi connectivity index (χ2v) is 7.19. The average molecular weight is 410 g/mol. The maximum absolute atomic E-state index is 13.0. The Hall–Kier alpha value is -3.45. The Balaban J connectivity index is 0.000000343. The zero-order valence-corrected chi connectivity index (χ0v) is 17.1. The standard InChI is InChI=1S/C19H22N2O.C4H4O4/c1-20(2)13-8-14-21-17-12-7-6-11-16(17)18(19(21)22)15-9-4-3-5-10-15;5-3(6)1-2-4(7)8/h3-7,9-12,18H,8,13-14H2,1-2H3;1-2H,(H,5,6)(H,7,8)/b;2-1+.